The van der Waals surface area contributed by atoms with E-state index in [2.05, 4.69) is 5.32 Å². The Hall–Kier alpha value is -2.83. The van der Waals surface area contributed by atoms with E-state index in [0.29, 0.717) is 18.0 Å². The first kappa shape index (κ1) is 16.5. The molecule has 2 rings (SSSR count). The molecule has 2 aromatic rings. The second-order valence-electron chi connectivity index (χ2n) is 5.15. The van der Waals surface area contributed by atoms with Crippen LogP contribution in [0.1, 0.15) is 25.1 Å². The van der Waals surface area contributed by atoms with Crippen LogP contribution in [0.15, 0.2) is 47.1 Å². The van der Waals surface area contributed by atoms with Gasteiger partial charge in [0, 0.05) is 26.1 Å². The Kier molecular flexibility index (Phi) is 5.35. The van der Waals surface area contributed by atoms with E-state index in [1.807, 2.05) is 13.0 Å². The Morgan fingerprint density at radius 1 is 1.35 bits per heavy atom. The normalized spacial score (nSPS) is 11.7. The van der Waals surface area contributed by atoms with E-state index < -0.39 is 4.92 Å². The van der Waals surface area contributed by atoms with Crippen LogP contribution in [0.5, 0.6) is 0 Å². The van der Waals surface area contributed by atoms with Crippen LogP contribution in [0, 0.1) is 10.1 Å². The largest absolute Gasteiger partial charge is 0.467 e. The maximum Gasteiger partial charge on any atom is 0.292 e. The quantitative estimate of drug-likeness (QED) is 0.625. The zero-order chi connectivity index (χ0) is 16.8. The predicted octanol–water partition coefficient (Wildman–Crippen LogP) is 3.21. The second kappa shape index (κ2) is 7.44. The fourth-order valence-corrected chi connectivity index (χ4v) is 2.20. The highest BCUT2D eigenvalue weighted by atomic mass is 16.6. The Bertz CT molecular complexity index is 670. The molecular formula is C16H19N3O4. The Morgan fingerprint density at radius 3 is 2.74 bits per heavy atom. The van der Waals surface area contributed by atoms with E-state index in [-0.39, 0.29) is 24.1 Å². The highest BCUT2D eigenvalue weighted by Crippen LogP contribution is 2.23. The molecule has 0 saturated heterocycles. The number of hydrogen-bond acceptors (Lipinski definition) is 5. The van der Waals surface area contributed by atoms with Gasteiger partial charge < -0.3 is 14.6 Å². The maximum atomic E-state index is 12.2. The number of amides is 1. The van der Waals surface area contributed by atoms with Crippen LogP contribution >= 0.6 is 0 Å². The van der Waals surface area contributed by atoms with Gasteiger partial charge in [0.05, 0.1) is 17.2 Å². The first-order chi connectivity index (χ1) is 11.0. The molecule has 1 aromatic heterocycles. The van der Waals surface area contributed by atoms with Gasteiger partial charge in [0.2, 0.25) is 5.91 Å². The Morgan fingerprint density at radius 2 is 2.09 bits per heavy atom. The average Bonchev–Trinajstić information content (AvgIpc) is 3.08. The standard InChI is InChI=1S/C16H19N3O4/c1-12(15-8-5-11-23-15)18(2)16(20)9-10-17-13-6-3-4-7-14(13)19(21)22/h3-8,11-12,17H,9-10H2,1-2H3. The third-order valence-corrected chi connectivity index (χ3v) is 3.68. The lowest BCUT2D eigenvalue weighted by Gasteiger charge is -2.23. The molecule has 23 heavy (non-hydrogen) atoms. The van der Waals surface area contributed by atoms with Gasteiger partial charge >= 0.3 is 0 Å². The van der Waals surface area contributed by atoms with E-state index in [4.69, 9.17) is 4.42 Å². The molecule has 1 aromatic carbocycles. The van der Waals surface area contributed by atoms with Crippen molar-refractivity contribution in [3.8, 4) is 0 Å². The number of nitro groups is 1. The minimum atomic E-state index is -0.449. The number of furan rings is 1. The number of benzene rings is 1. The van der Waals surface area contributed by atoms with E-state index in [9.17, 15) is 14.9 Å². The molecule has 0 saturated carbocycles. The van der Waals surface area contributed by atoms with Gasteiger partial charge in [0.25, 0.3) is 5.69 Å². The van der Waals surface area contributed by atoms with Crippen molar-refractivity contribution in [3.05, 3.63) is 58.5 Å². The molecular weight excluding hydrogens is 298 g/mol. The minimum absolute atomic E-state index is 0.00254. The third-order valence-electron chi connectivity index (χ3n) is 3.68. The van der Waals surface area contributed by atoms with Crippen molar-refractivity contribution < 1.29 is 14.1 Å². The number of nitro benzene ring substituents is 1. The van der Waals surface area contributed by atoms with Gasteiger partial charge in [-0.05, 0) is 25.1 Å². The topological polar surface area (TPSA) is 88.6 Å². The molecule has 7 nitrogen and oxygen atoms in total. The number of carbonyl (C=O) groups is 1. The fraction of sp³-hybridized carbons (Fsp3) is 0.312. The summed E-state index contributed by atoms with van der Waals surface area (Å²) < 4.78 is 5.30. The van der Waals surface area contributed by atoms with Crippen LogP contribution in [0.2, 0.25) is 0 Å². The summed E-state index contributed by atoms with van der Waals surface area (Å²) in [5.74, 6) is 0.646. The molecule has 0 aliphatic heterocycles. The monoisotopic (exact) mass is 317 g/mol. The lowest BCUT2D eigenvalue weighted by atomic mass is 10.2. The maximum absolute atomic E-state index is 12.2. The van der Waals surface area contributed by atoms with E-state index >= 15 is 0 Å². The summed E-state index contributed by atoms with van der Waals surface area (Å²) in [6, 6.07) is 9.80. The van der Waals surface area contributed by atoms with Crippen molar-refractivity contribution in [2.75, 3.05) is 18.9 Å². The molecule has 1 unspecified atom stereocenters. The molecule has 1 heterocycles. The van der Waals surface area contributed by atoms with Crippen LogP contribution in [-0.4, -0.2) is 29.3 Å². The molecule has 7 heteroatoms. The zero-order valence-corrected chi connectivity index (χ0v) is 13.1. The van der Waals surface area contributed by atoms with Crippen molar-refractivity contribution in [3.63, 3.8) is 0 Å². The van der Waals surface area contributed by atoms with Crippen molar-refractivity contribution >= 4 is 17.3 Å². The molecule has 0 radical (unpaired) electrons. The number of hydrogen-bond donors (Lipinski definition) is 1. The molecule has 0 fully saturated rings. The van der Waals surface area contributed by atoms with E-state index in [1.54, 1.807) is 42.5 Å². The van der Waals surface area contributed by atoms with Crippen LogP contribution in [0.4, 0.5) is 11.4 Å². The van der Waals surface area contributed by atoms with E-state index in [1.165, 1.54) is 6.07 Å². The van der Waals surface area contributed by atoms with Crippen molar-refractivity contribution in [1.82, 2.24) is 4.90 Å². The summed E-state index contributed by atoms with van der Waals surface area (Å²) in [4.78, 5) is 24.3. The van der Waals surface area contributed by atoms with Gasteiger partial charge in [-0.25, -0.2) is 0 Å². The lowest BCUT2D eigenvalue weighted by molar-refractivity contribution is -0.384. The van der Waals surface area contributed by atoms with Crippen LogP contribution in [0.3, 0.4) is 0 Å². The van der Waals surface area contributed by atoms with Gasteiger partial charge in [-0.1, -0.05) is 12.1 Å². The Balaban J connectivity index is 1.89. The SMILES string of the molecule is CC(c1ccco1)N(C)C(=O)CCNc1ccccc1[N+](=O)[O-]. The van der Waals surface area contributed by atoms with Crippen molar-refractivity contribution in [2.24, 2.45) is 0 Å². The highest BCUT2D eigenvalue weighted by molar-refractivity contribution is 5.77. The van der Waals surface area contributed by atoms with Gasteiger partial charge in [0.1, 0.15) is 11.4 Å². The van der Waals surface area contributed by atoms with Gasteiger partial charge in [0.15, 0.2) is 0 Å². The van der Waals surface area contributed by atoms with Gasteiger partial charge in [-0.2, -0.15) is 0 Å². The molecule has 0 aliphatic carbocycles. The smallest absolute Gasteiger partial charge is 0.292 e. The molecule has 0 bridgehead atoms. The minimum Gasteiger partial charge on any atom is -0.467 e. The molecule has 0 aliphatic rings. The number of rotatable bonds is 7. The van der Waals surface area contributed by atoms with Crippen LogP contribution in [-0.2, 0) is 4.79 Å². The highest BCUT2D eigenvalue weighted by Gasteiger charge is 2.19. The summed E-state index contributed by atoms with van der Waals surface area (Å²) in [7, 11) is 1.71. The van der Waals surface area contributed by atoms with E-state index in [0.717, 1.165) is 0 Å². The number of nitrogens with one attached hydrogen (secondary N) is 1. The third kappa shape index (κ3) is 4.09. The van der Waals surface area contributed by atoms with Crippen LogP contribution < -0.4 is 5.32 Å². The molecule has 1 N–H and O–H groups in total. The summed E-state index contributed by atoms with van der Waals surface area (Å²) in [5, 5.41) is 13.9. The lowest BCUT2D eigenvalue weighted by Crippen LogP contribution is -2.30. The summed E-state index contributed by atoms with van der Waals surface area (Å²) in [6.45, 7) is 2.20. The van der Waals surface area contributed by atoms with Crippen molar-refractivity contribution in [1.29, 1.82) is 0 Å². The Labute approximate surface area is 134 Å². The van der Waals surface area contributed by atoms with Gasteiger partial charge in [-0.3, -0.25) is 14.9 Å². The summed E-state index contributed by atoms with van der Waals surface area (Å²) in [6.07, 6.45) is 1.80. The average molecular weight is 317 g/mol. The number of nitrogens with zero attached hydrogens (tertiary/aromatic N) is 2. The zero-order valence-electron chi connectivity index (χ0n) is 13.1. The number of para-hydroxylation sites is 2. The number of anilines is 1. The van der Waals surface area contributed by atoms with Crippen molar-refractivity contribution in [2.45, 2.75) is 19.4 Å². The molecule has 0 spiro atoms. The summed E-state index contributed by atoms with van der Waals surface area (Å²) >= 11 is 0. The summed E-state index contributed by atoms with van der Waals surface area (Å²) in [5.41, 5.74) is 0.407. The molecule has 1 atom stereocenters. The first-order valence-corrected chi connectivity index (χ1v) is 7.27. The van der Waals surface area contributed by atoms with Crippen LogP contribution in [0.25, 0.3) is 0 Å². The first-order valence-electron chi connectivity index (χ1n) is 7.27. The van der Waals surface area contributed by atoms with Gasteiger partial charge in [-0.15, -0.1) is 0 Å². The molecule has 1 amide bonds. The second-order valence-corrected chi connectivity index (χ2v) is 5.15. The molecule has 122 valence electrons. The predicted molar refractivity (Wildman–Crippen MR) is 86.1 cm³/mol. The fourth-order valence-electron chi connectivity index (χ4n) is 2.20. The number of carbonyl (C=O) groups excluding carboxylic acids is 1.